The van der Waals surface area contributed by atoms with Gasteiger partial charge in [0.25, 0.3) is 5.91 Å². The van der Waals surface area contributed by atoms with Crippen LogP contribution in [0.5, 0.6) is 0 Å². The van der Waals surface area contributed by atoms with Crippen LogP contribution in [0.4, 0.5) is 5.13 Å². The summed E-state index contributed by atoms with van der Waals surface area (Å²) in [6.07, 6.45) is 6.37. The number of amides is 1. The molecular weight excluding hydrogens is 452 g/mol. The second kappa shape index (κ2) is 8.73. The SMILES string of the molecule is CN1C(=O)C(Sc2nnc(NC[C@@H]3CCCO3)s2)=C2CCCC[C@]21c1ccccc1Cl. The number of nitrogens with one attached hydrogen (secondary N) is 1. The summed E-state index contributed by atoms with van der Waals surface area (Å²) in [6, 6.07) is 7.91. The molecule has 31 heavy (non-hydrogen) atoms. The normalized spacial score (nSPS) is 25.9. The molecule has 3 heterocycles. The smallest absolute Gasteiger partial charge is 0.261 e. The standard InChI is InChI=1S/C22H25ClN4O2S2/c1-27-19(28)18(30-21-26-25-20(31-21)24-13-14-7-6-12-29-14)16-9-4-5-11-22(16,27)15-8-2-3-10-17(15)23/h2-3,8,10,14H,4-7,9,11-13H2,1H3,(H,24,25)/t14-,22-/m0/s1. The minimum atomic E-state index is -0.457. The molecule has 0 radical (unpaired) electrons. The molecule has 0 bridgehead atoms. The molecule has 1 aliphatic carbocycles. The van der Waals surface area contributed by atoms with Gasteiger partial charge >= 0.3 is 0 Å². The highest BCUT2D eigenvalue weighted by Crippen LogP contribution is 2.55. The average molecular weight is 477 g/mol. The van der Waals surface area contributed by atoms with E-state index >= 15 is 0 Å². The third-order valence-electron chi connectivity index (χ3n) is 6.48. The van der Waals surface area contributed by atoms with Crippen LogP contribution in [-0.4, -0.2) is 47.3 Å². The predicted molar refractivity (Wildman–Crippen MR) is 125 cm³/mol. The molecule has 1 aromatic carbocycles. The summed E-state index contributed by atoms with van der Waals surface area (Å²) in [5.41, 5.74) is 1.74. The average Bonchev–Trinajstić information content (AvgIpc) is 3.51. The first-order chi connectivity index (χ1) is 15.1. The molecular formula is C22H25ClN4O2S2. The van der Waals surface area contributed by atoms with E-state index in [1.165, 1.54) is 28.7 Å². The van der Waals surface area contributed by atoms with Crippen molar-refractivity contribution in [1.29, 1.82) is 0 Å². The van der Waals surface area contributed by atoms with E-state index in [9.17, 15) is 4.79 Å². The zero-order chi connectivity index (χ0) is 21.4. The number of carbonyl (C=O) groups is 1. The monoisotopic (exact) mass is 476 g/mol. The van der Waals surface area contributed by atoms with E-state index in [1.807, 2.05) is 30.1 Å². The lowest BCUT2D eigenvalue weighted by molar-refractivity contribution is -0.128. The van der Waals surface area contributed by atoms with Gasteiger partial charge in [0.15, 0.2) is 4.34 Å². The second-order valence-electron chi connectivity index (χ2n) is 8.21. The topological polar surface area (TPSA) is 67.4 Å². The fraction of sp³-hybridized carbons (Fsp3) is 0.500. The molecule has 1 N–H and O–H groups in total. The van der Waals surface area contributed by atoms with Crippen LogP contribution in [0, 0.1) is 0 Å². The van der Waals surface area contributed by atoms with Crippen LogP contribution in [0.15, 0.2) is 39.1 Å². The van der Waals surface area contributed by atoms with Crippen LogP contribution in [0.25, 0.3) is 0 Å². The molecule has 0 spiro atoms. The highest BCUT2D eigenvalue weighted by Gasteiger charge is 2.52. The zero-order valence-corrected chi connectivity index (χ0v) is 19.8. The molecule has 3 aliphatic rings. The fourth-order valence-corrected chi connectivity index (χ4v) is 7.27. The molecule has 1 amide bonds. The summed E-state index contributed by atoms with van der Waals surface area (Å²) in [4.78, 5) is 16.1. The molecule has 1 saturated heterocycles. The molecule has 2 atom stereocenters. The number of benzene rings is 1. The Labute approximate surface area is 195 Å². The zero-order valence-electron chi connectivity index (χ0n) is 17.4. The van der Waals surface area contributed by atoms with Crippen molar-refractivity contribution in [2.45, 2.75) is 54.5 Å². The van der Waals surface area contributed by atoms with E-state index in [0.717, 1.165) is 71.6 Å². The van der Waals surface area contributed by atoms with Crippen molar-refractivity contribution in [2.75, 3.05) is 25.5 Å². The Kier molecular flexibility index (Phi) is 5.98. The molecule has 1 aromatic heterocycles. The van der Waals surface area contributed by atoms with Crippen molar-refractivity contribution in [3.63, 3.8) is 0 Å². The fourth-order valence-electron chi connectivity index (χ4n) is 4.96. The lowest BCUT2D eigenvalue weighted by Crippen LogP contribution is -2.44. The van der Waals surface area contributed by atoms with Crippen LogP contribution in [-0.2, 0) is 15.1 Å². The Morgan fingerprint density at radius 2 is 2.19 bits per heavy atom. The van der Waals surface area contributed by atoms with Crippen molar-refractivity contribution in [3.05, 3.63) is 45.3 Å². The minimum absolute atomic E-state index is 0.0471. The number of rotatable bonds is 6. The van der Waals surface area contributed by atoms with Crippen LogP contribution in [0.2, 0.25) is 5.02 Å². The van der Waals surface area contributed by atoms with Crippen LogP contribution >= 0.6 is 34.7 Å². The van der Waals surface area contributed by atoms with E-state index in [2.05, 4.69) is 21.6 Å². The molecule has 2 aliphatic heterocycles. The van der Waals surface area contributed by atoms with Crippen LogP contribution in [0.1, 0.15) is 44.1 Å². The van der Waals surface area contributed by atoms with Crippen molar-refractivity contribution in [1.82, 2.24) is 15.1 Å². The van der Waals surface area contributed by atoms with Gasteiger partial charge in [-0.15, -0.1) is 10.2 Å². The van der Waals surface area contributed by atoms with Gasteiger partial charge in [0.1, 0.15) is 0 Å². The number of nitrogens with zero attached hydrogens (tertiary/aromatic N) is 3. The Morgan fingerprint density at radius 1 is 1.32 bits per heavy atom. The Hall–Kier alpha value is -1.61. The molecule has 6 nitrogen and oxygen atoms in total. The largest absolute Gasteiger partial charge is 0.376 e. The quantitative estimate of drug-likeness (QED) is 0.627. The maximum Gasteiger partial charge on any atom is 0.261 e. The summed E-state index contributed by atoms with van der Waals surface area (Å²) in [7, 11) is 1.90. The van der Waals surface area contributed by atoms with Gasteiger partial charge in [-0.2, -0.15) is 0 Å². The summed E-state index contributed by atoms with van der Waals surface area (Å²) >= 11 is 9.56. The highest BCUT2D eigenvalue weighted by molar-refractivity contribution is 8.05. The van der Waals surface area contributed by atoms with Gasteiger partial charge in [-0.05, 0) is 43.7 Å². The predicted octanol–water partition coefficient (Wildman–Crippen LogP) is 5.07. The van der Waals surface area contributed by atoms with Crippen molar-refractivity contribution < 1.29 is 9.53 Å². The maximum absolute atomic E-state index is 13.4. The number of hydrogen-bond donors (Lipinski definition) is 1. The number of ether oxygens (including phenoxy) is 1. The van der Waals surface area contributed by atoms with E-state index in [4.69, 9.17) is 16.3 Å². The Balaban J connectivity index is 1.42. The number of halogens is 1. The number of hydrogen-bond acceptors (Lipinski definition) is 7. The number of thioether (sulfide) groups is 1. The van der Waals surface area contributed by atoms with Crippen molar-refractivity contribution in [2.24, 2.45) is 0 Å². The number of likely N-dealkylation sites (N-methyl/N-ethyl adjacent to an activating group) is 1. The molecule has 5 rings (SSSR count). The minimum Gasteiger partial charge on any atom is -0.376 e. The van der Waals surface area contributed by atoms with Gasteiger partial charge in [0.05, 0.1) is 16.5 Å². The second-order valence-corrected chi connectivity index (χ2v) is 10.9. The van der Waals surface area contributed by atoms with Gasteiger partial charge in [-0.1, -0.05) is 59.3 Å². The number of aromatic nitrogens is 2. The molecule has 9 heteroatoms. The van der Waals surface area contributed by atoms with Crippen molar-refractivity contribution in [3.8, 4) is 0 Å². The van der Waals surface area contributed by atoms with E-state index in [0.29, 0.717) is 5.02 Å². The van der Waals surface area contributed by atoms with Crippen molar-refractivity contribution >= 4 is 45.7 Å². The van der Waals surface area contributed by atoms with E-state index in [1.54, 1.807) is 0 Å². The van der Waals surface area contributed by atoms with Gasteiger partial charge in [0, 0.05) is 30.8 Å². The number of carbonyl (C=O) groups excluding carboxylic acids is 1. The summed E-state index contributed by atoms with van der Waals surface area (Å²) in [5.74, 6) is 0.0471. The number of anilines is 1. The number of fused-ring (bicyclic) bond motifs is 1. The van der Waals surface area contributed by atoms with Gasteiger partial charge < -0.3 is 15.0 Å². The molecule has 0 unspecified atom stereocenters. The summed E-state index contributed by atoms with van der Waals surface area (Å²) in [5, 5.41) is 13.4. The van der Waals surface area contributed by atoms with Gasteiger partial charge in [-0.3, -0.25) is 4.79 Å². The van der Waals surface area contributed by atoms with Gasteiger partial charge in [-0.25, -0.2) is 0 Å². The maximum atomic E-state index is 13.4. The van der Waals surface area contributed by atoms with Crippen LogP contribution in [0.3, 0.4) is 0 Å². The summed E-state index contributed by atoms with van der Waals surface area (Å²) in [6.45, 7) is 1.58. The third kappa shape index (κ3) is 3.77. The van der Waals surface area contributed by atoms with E-state index in [-0.39, 0.29) is 12.0 Å². The summed E-state index contributed by atoms with van der Waals surface area (Å²) < 4.78 is 6.43. The molecule has 2 fully saturated rings. The highest BCUT2D eigenvalue weighted by atomic mass is 35.5. The van der Waals surface area contributed by atoms with Crippen LogP contribution < -0.4 is 5.32 Å². The first kappa shape index (κ1) is 21.2. The molecule has 1 saturated carbocycles. The Morgan fingerprint density at radius 3 is 3.00 bits per heavy atom. The van der Waals surface area contributed by atoms with Gasteiger partial charge in [0.2, 0.25) is 5.13 Å². The first-order valence-corrected chi connectivity index (χ1v) is 12.7. The first-order valence-electron chi connectivity index (χ1n) is 10.7. The lowest BCUT2D eigenvalue weighted by Gasteiger charge is -2.42. The lowest BCUT2D eigenvalue weighted by atomic mass is 9.73. The third-order valence-corrected chi connectivity index (χ3v) is 8.87. The van der Waals surface area contributed by atoms with E-state index < -0.39 is 5.54 Å². The molecule has 2 aromatic rings. The Bertz CT molecular complexity index is 1020. The molecule has 164 valence electrons.